The molecule has 0 radical (unpaired) electrons. The molecule has 1 amide bonds. The highest BCUT2D eigenvalue weighted by Crippen LogP contribution is 2.28. The van der Waals surface area contributed by atoms with E-state index in [1.165, 1.54) is 6.07 Å². The van der Waals surface area contributed by atoms with Crippen molar-refractivity contribution in [3.8, 4) is 5.75 Å². The average molecular weight is 400 g/mol. The Morgan fingerprint density at radius 3 is 2.79 bits per heavy atom. The first-order chi connectivity index (χ1) is 14.0. The first kappa shape index (κ1) is 19.0. The Labute approximate surface area is 165 Å². The van der Waals surface area contributed by atoms with Gasteiger partial charge in [0.1, 0.15) is 23.5 Å². The molecule has 9 heteroatoms. The Morgan fingerprint density at radius 2 is 2.07 bits per heavy atom. The summed E-state index contributed by atoms with van der Waals surface area (Å²) in [5.74, 6) is -1.14. The number of fused-ring (bicyclic) bond motifs is 1. The van der Waals surface area contributed by atoms with Crippen LogP contribution in [0, 0.1) is 11.6 Å². The van der Waals surface area contributed by atoms with Crippen LogP contribution >= 0.6 is 0 Å². The van der Waals surface area contributed by atoms with Crippen LogP contribution < -0.4 is 10.1 Å². The number of benzene rings is 2. The van der Waals surface area contributed by atoms with Crippen molar-refractivity contribution >= 4 is 5.91 Å². The third kappa shape index (κ3) is 3.95. The number of halogens is 2. The first-order valence-corrected chi connectivity index (χ1v) is 8.95. The molecule has 0 saturated carbocycles. The Balaban J connectivity index is 1.43. The maximum atomic E-state index is 13.7. The van der Waals surface area contributed by atoms with Crippen LogP contribution in [0.1, 0.15) is 33.4 Å². The molecule has 0 bridgehead atoms. The van der Waals surface area contributed by atoms with Crippen LogP contribution in [-0.2, 0) is 24.4 Å². The number of hydrogen-bond donors (Lipinski definition) is 1. The number of methoxy groups -OCH3 is 1. The molecule has 0 spiro atoms. The summed E-state index contributed by atoms with van der Waals surface area (Å²) in [5, 5.41) is 10.6. The lowest BCUT2D eigenvalue weighted by Crippen LogP contribution is -2.27. The molecule has 1 atom stereocenters. The normalized spacial score (nSPS) is 15.6. The van der Waals surface area contributed by atoms with E-state index in [0.717, 1.165) is 23.4 Å². The second-order valence-electron chi connectivity index (χ2n) is 6.56. The van der Waals surface area contributed by atoms with Gasteiger partial charge >= 0.3 is 0 Å². The Hall–Kier alpha value is -3.33. The quantitative estimate of drug-likeness (QED) is 0.713. The fraction of sp³-hybridized carbons (Fsp3) is 0.250. The summed E-state index contributed by atoms with van der Waals surface area (Å²) in [6.07, 6.45) is -0.223. The molecule has 150 valence electrons. The number of nitrogens with zero attached hydrogens (tertiary/aromatic N) is 3. The van der Waals surface area contributed by atoms with E-state index in [0.29, 0.717) is 12.2 Å². The van der Waals surface area contributed by atoms with Gasteiger partial charge in [-0.2, -0.15) is 0 Å². The topological polar surface area (TPSA) is 78.3 Å². The van der Waals surface area contributed by atoms with Crippen molar-refractivity contribution in [2.75, 3.05) is 7.11 Å². The van der Waals surface area contributed by atoms with Crippen LogP contribution in [-0.4, -0.2) is 28.0 Å². The molecule has 2 aromatic carbocycles. The summed E-state index contributed by atoms with van der Waals surface area (Å²) in [5.41, 5.74) is 1.81. The SMILES string of the molecule is COc1ccc([C@H]2Cn3nnc(C(=O)NCc4ccc(F)cc4F)c3CO2)cc1. The van der Waals surface area contributed by atoms with E-state index < -0.39 is 17.5 Å². The summed E-state index contributed by atoms with van der Waals surface area (Å²) in [7, 11) is 1.60. The van der Waals surface area contributed by atoms with Crippen LogP contribution in [0.25, 0.3) is 0 Å². The van der Waals surface area contributed by atoms with Crippen LogP contribution in [0.3, 0.4) is 0 Å². The smallest absolute Gasteiger partial charge is 0.274 e. The average Bonchev–Trinajstić information content (AvgIpc) is 3.16. The molecule has 1 aliphatic rings. The van der Waals surface area contributed by atoms with Crippen molar-refractivity contribution in [1.29, 1.82) is 0 Å². The van der Waals surface area contributed by atoms with Gasteiger partial charge in [0.05, 0.1) is 26.0 Å². The standard InChI is InChI=1S/C20H18F2N4O3/c1-28-15-6-3-12(4-7-15)18-10-26-17(11-29-18)19(24-25-26)20(27)23-9-13-2-5-14(21)8-16(13)22/h2-8,18H,9-11H2,1H3,(H,23,27)/t18-/m1/s1. The van der Waals surface area contributed by atoms with Gasteiger partial charge in [-0.3, -0.25) is 4.79 Å². The molecule has 29 heavy (non-hydrogen) atoms. The molecule has 0 unspecified atom stereocenters. The lowest BCUT2D eigenvalue weighted by molar-refractivity contribution is -0.00179. The number of aromatic nitrogens is 3. The van der Waals surface area contributed by atoms with Gasteiger partial charge in [0.2, 0.25) is 0 Å². The highest BCUT2D eigenvalue weighted by molar-refractivity contribution is 5.93. The van der Waals surface area contributed by atoms with Gasteiger partial charge in [-0.1, -0.05) is 23.4 Å². The minimum Gasteiger partial charge on any atom is -0.497 e. The molecule has 1 N–H and O–H groups in total. The largest absolute Gasteiger partial charge is 0.497 e. The van der Waals surface area contributed by atoms with E-state index in [1.54, 1.807) is 11.8 Å². The third-order valence-electron chi connectivity index (χ3n) is 4.75. The zero-order valence-electron chi connectivity index (χ0n) is 15.6. The van der Waals surface area contributed by atoms with Crippen LogP contribution in [0.4, 0.5) is 8.78 Å². The van der Waals surface area contributed by atoms with Crippen LogP contribution in [0.5, 0.6) is 5.75 Å². The molecule has 0 saturated heterocycles. The van der Waals surface area contributed by atoms with E-state index in [9.17, 15) is 13.6 Å². The molecule has 0 aliphatic carbocycles. The molecular weight excluding hydrogens is 382 g/mol. The Morgan fingerprint density at radius 1 is 1.28 bits per heavy atom. The number of carbonyl (C=O) groups is 1. The first-order valence-electron chi connectivity index (χ1n) is 8.95. The summed E-state index contributed by atoms with van der Waals surface area (Å²) in [6, 6.07) is 10.7. The van der Waals surface area contributed by atoms with Crippen LogP contribution in [0.2, 0.25) is 0 Å². The fourth-order valence-electron chi connectivity index (χ4n) is 3.13. The third-order valence-corrected chi connectivity index (χ3v) is 4.75. The van der Waals surface area contributed by atoms with E-state index >= 15 is 0 Å². The number of rotatable bonds is 5. The predicted octanol–water partition coefficient (Wildman–Crippen LogP) is 2.77. The molecule has 2 heterocycles. The fourth-order valence-corrected chi connectivity index (χ4v) is 3.13. The molecule has 7 nitrogen and oxygen atoms in total. The highest BCUT2D eigenvalue weighted by Gasteiger charge is 2.27. The zero-order chi connectivity index (χ0) is 20.4. The van der Waals surface area contributed by atoms with E-state index in [1.807, 2.05) is 24.3 Å². The van der Waals surface area contributed by atoms with Crippen molar-refractivity contribution < 1.29 is 23.0 Å². The maximum Gasteiger partial charge on any atom is 0.274 e. The molecule has 3 aromatic rings. The second-order valence-corrected chi connectivity index (χ2v) is 6.56. The molecular formula is C20H18F2N4O3. The lowest BCUT2D eigenvalue weighted by Gasteiger charge is -2.24. The monoisotopic (exact) mass is 400 g/mol. The highest BCUT2D eigenvalue weighted by atomic mass is 19.1. The second kappa shape index (κ2) is 7.96. The predicted molar refractivity (Wildman–Crippen MR) is 98.1 cm³/mol. The summed E-state index contributed by atoms with van der Waals surface area (Å²) in [6.45, 7) is 0.485. The van der Waals surface area contributed by atoms with Gasteiger partial charge in [0.15, 0.2) is 5.69 Å². The zero-order valence-corrected chi connectivity index (χ0v) is 15.6. The van der Waals surface area contributed by atoms with Crippen molar-refractivity contribution in [1.82, 2.24) is 20.3 Å². The van der Waals surface area contributed by atoms with Gasteiger partial charge < -0.3 is 14.8 Å². The minimum atomic E-state index is -0.721. The van der Waals surface area contributed by atoms with Gasteiger partial charge in [0.25, 0.3) is 5.91 Å². The molecule has 0 fully saturated rings. The summed E-state index contributed by atoms with van der Waals surface area (Å²) in [4.78, 5) is 12.5. The van der Waals surface area contributed by atoms with Gasteiger partial charge in [0, 0.05) is 18.2 Å². The molecule has 4 rings (SSSR count). The van der Waals surface area contributed by atoms with Crippen molar-refractivity contribution in [3.63, 3.8) is 0 Å². The number of ether oxygens (including phenoxy) is 2. The van der Waals surface area contributed by atoms with Gasteiger partial charge in [-0.25, -0.2) is 13.5 Å². The number of carbonyl (C=O) groups excluding carboxylic acids is 1. The van der Waals surface area contributed by atoms with Crippen molar-refractivity contribution in [2.45, 2.75) is 25.8 Å². The Bertz CT molecular complexity index is 1040. The number of hydrogen-bond acceptors (Lipinski definition) is 5. The van der Waals surface area contributed by atoms with Gasteiger partial charge in [-0.05, 0) is 23.8 Å². The van der Waals surface area contributed by atoms with E-state index in [2.05, 4.69) is 15.6 Å². The lowest BCUT2D eigenvalue weighted by atomic mass is 10.1. The van der Waals surface area contributed by atoms with E-state index in [4.69, 9.17) is 9.47 Å². The van der Waals surface area contributed by atoms with Crippen LogP contribution in [0.15, 0.2) is 42.5 Å². The molecule has 1 aromatic heterocycles. The van der Waals surface area contributed by atoms with E-state index in [-0.39, 0.29) is 30.5 Å². The van der Waals surface area contributed by atoms with Gasteiger partial charge in [-0.15, -0.1) is 5.10 Å². The van der Waals surface area contributed by atoms with Crippen molar-refractivity contribution in [2.24, 2.45) is 0 Å². The summed E-state index contributed by atoms with van der Waals surface area (Å²) < 4.78 is 39.4. The van der Waals surface area contributed by atoms with Crippen molar-refractivity contribution in [3.05, 3.63) is 76.6 Å². The Kier molecular flexibility index (Phi) is 5.22. The molecule has 1 aliphatic heterocycles. The minimum absolute atomic E-state index is 0.0907. The summed E-state index contributed by atoms with van der Waals surface area (Å²) >= 11 is 0. The number of amides is 1. The number of nitrogens with one attached hydrogen (secondary N) is 1. The maximum absolute atomic E-state index is 13.7.